The Balaban J connectivity index is 2.03. The summed E-state index contributed by atoms with van der Waals surface area (Å²) in [6.45, 7) is 1.87. The van der Waals surface area contributed by atoms with Gasteiger partial charge in [-0.15, -0.1) is 0 Å². The van der Waals surface area contributed by atoms with Crippen LogP contribution in [0.1, 0.15) is 22.8 Å². The third-order valence-electron chi connectivity index (χ3n) is 4.04. The number of aromatic nitrogens is 2. The summed E-state index contributed by atoms with van der Waals surface area (Å²) >= 11 is 0. The molecule has 3 rings (SSSR count). The summed E-state index contributed by atoms with van der Waals surface area (Å²) in [5.41, 5.74) is 8.94. The van der Waals surface area contributed by atoms with Gasteiger partial charge < -0.3 is 11.1 Å². The van der Waals surface area contributed by atoms with E-state index in [1.807, 2.05) is 54.6 Å². The first kappa shape index (κ1) is 17.4. The van der Waals surface area contributed by atoms with Gasteiger partial charge in [0.25, 0.3) is 5.91 Å². The minimum absolute atomic E-state index is 0.219. The van der Waals surface area contributed by atoms with Crippen LogP contribution in [0.5, 0.6) is 0 Å². The van der Waals surface area contributed by atoms with Crippen LogP contribution < -0.4 is 11.1 Å². The van der Waals surface area contributed by atoms with Crippen LogP contribution in [0.15, 0.2) is 60.8 Å². The maximum absolute atomic E-state index is 12.5. The number of nitrogens with two attached hydrogens (primary N) is 1. The number of hydrogen-bond donors (Lipinski definition) is 2. The minimum atomic E-state index is -0.595. The summed E-state index contributed by atoms with van der Waals surface area (Å²) in [6.07, 6.45) is 2.60. The quantitative estimate of drug-likeness (QED) is 0.716. The lowest BCUT2D eigenvalue weighted by molar-refractivity contribution is -0.117. The summed E-state index contributed by atoms with van der Waals surface area (Å²) in [5, 5.41) is 7.12. The summed E-state index contributed by atoms with van der Waals surface area (Å²) < 4.78 is 1.66. The summed E-state index contributed by atoms with van der Waals surface area (Å²) in [6, 6.07) is 17.5. The Hall–Kier alpha value is -3.41. The molecule has 0 atom stereocenters. The van der Waals surface area contributed by atoms with Crippen LogP contribution in [0.25, 0.3) is 16.9 Å². The third-order valence-corrected chi connectivity index (χ3v) is 4.04. The van der Waals surface area contributed by atoms with Gasteiger partial charge in [0.05, 0.1) is 17.8 Å². The van der Waals surface area contributed by atoms with Gasteiger partial charge in [0, 0.05) is 11.8 Å². The summed E-state index contributed by atoms with van der Waals surface area (Å²) in [5.74, 6) is -0.983. The van der Waals surface area contributed by atoms with Gasteiger partial charge in [-0.25, -0.2) is 4.68 Å². The largest absolute Gasteiger partial charge is 0.368 e. The molecular formula is C20H20N4O2. The first-order valence-corrected chi connectivity index (χ1v) is 8.39. The first-order valence-electron chi connectivity index (χ1n) is 8.39. The van der Waals surface area contributed by atoms with E-state index in [1.165, 1.54) is 5.56 Å². The average molecular weight is 348 g/mol. The van der Waals surface area contributed by atoms with Gasteiger partial charge in [-0.1, -0.05) is 49.4 Å². The topological polar surface area (TPSA) is 90.0 Å². The molecule has 1 aromatic heterocycles. The molecule has 0 aliphatic carbocycles. The molecule has 0 spiro atoms. The van der Waals surface area contributed by atoms with Crippen LogP contribution >= 0.6 is 0 Å². The second kappa shape index (κ2) is 7.65. The van der Waals surface area contributed by atoms with E-state index in [-0.39, 0.29) is 12.5 Å². The second-order valence-corrected chi connectivity index (χ2v) is 5.87. The zero-order valence-electron chi connectivity index (χ0n) is 14.5. The Bertz CT molecular complexity index is 915. The lowest BCUT2D eigenvalue weighted by Crippen LogP contribution is -2.33. The molecule has 2 aromatic carbocycles. The zero-order valence-corrected chi connectivity index (χ0v) is 14.5. The number of primary amides is 1. The van der Waals surface area contributed by atoms with Gasteiger partial charge in [0.1, 0.15) is 5.69 Å². The summed E-state index contributed by atoms with van der Waals surface area (Å²) in [4.78, 5) is 23.5. The van der Waals surface area contributed by atoms with Crippen molar-refractivity contribution in [3.8, 4) is 16.9 Å². The van der Waals surface area contributed by atoms with Crippen molar-refractivity contribution in [1.82, 2.24) is 15.1 Å². The molecular weight excluding hydrogens is 328 g/mol. The molecule has 2 amide bonds. The van der Waals surface area contributed by atoms with E-state index in [0.29, 0.717) is 11.3 Å². The maximum Gasteiger partial charge on any atom is 0.255 e. The number of nitrogens with zero attached hydrogens (tertiary/aromatic N) is 2. The van der Waals surface area contributed by atoms with Gasteiger partial charge >= 0.3 is 0 Å². The molecule has 3 N–H and O–H groups in total. The van der Waals surface area contributed by atoms with Crippen molar-refractivity contribution in [3.05, 3.63) is 71.9 Å². The van der Waals surface area contributed by atoms with E-state index in [4.69, 9.17) is 5.73 Å². The second-order valence-electron chi connectivity index (χ2n) is 5.87. The highest BCUT2D eigenvalue weighted by Gasteiger charge is 2.19. The fourth-order valence-corrected chi connectivity index (χ4v) is 2.63. The minimum Gasteiger partial charge on any atom is -0.368 e. The molecule has 3 aromatic rings. The standard InChI is InChI=1S/C20H20N4O2/c1-2-14-8-10-15(11-9-14)19-17(20(26)22-12-18(21)25)13-24(23-19)16-6-4-3-5-7-16/h3-11,13H,2,12H2,1H3,(H2,21,25)(H,22,26). The van der Waals surface area contributed by atoms with Crippen LogP contribution in [0, 0.1) is 0 Å². The smallest absolute Gasteiger partial charge is 0.255 e. The Morgan fingerprint density at radius 2 is 1.77 bits per heavy atom. The highest BCUT2D eigenvalue weighted by Crippen LogP contribution is 2.24. The molecule has 0 saturated heterocycles. The molecule has 0 fully saturated rings. The fourth-order valence-electron chi connectivity index (χ4n) is 2.63. The fraction of sp³-hybridized carbons (Fsp3) is 0.150. The maximum atomic E-state index is 12.5. The van der Waals surface area contributed by atoms with Crippen molar-refractivity contribution >= 4 is 11.8 Å². The van der Waals surface area contributed by atoms with Crippen molar-refractivity contribution in [2.45, 2.75) is 13.3 Å². The molecule has 0 radical (unpaired) electrons. The Morgan fingerprint density at radius 1 is 1.08 bits per heavy atom. The number of benzene rings is 2. The number of para-hydroxylation sites is 1. The molecule has 6 nitrogen and oxygen atoms in total. The first-order chi connectivity index (χ1) is 12.6. The van der Waals surface area contributed by atoms with E-state index >= 15 is 0 Å². The predicted molar refractivity (Wildman–Crippen MR) is 99.9 cm³/mol. The highest BCUT2D eigenvalue weighted by molar-refractivity contribution is 6.01. The Kier molecular flexibility index (Phi) is 5.12. The van der Waals surface area contributed by atoms with Gasteiger partial charge in [-0.3, -0.25) is 9.59 Å². The monoisotopic (exact) mass is 348 g/mol. The van der Waals surface area contributed by atoms with Crippen LogP contribution in [0.2, 0.25) is 0 Å². The average Bonchev–Trinajstić information content (AvgIpc) is 3.12. The van der Waals surface area contributed by atoms with Crippen molar-refractivity contribution in [2.24, 2.45) is 5.73 Å². The van der Waals surface area contributed by atoms with Gasteiger partial charge in [-0.2, -0.15) is 5.10 Å². The number of aryl methyl sites for hydroxylation is 1. The van der Waals surface area contributed by atoms with Gasteiger partial charge in [0.15, 0.2) is 0 Å². The summed E-state index contributed by atoms with van der Waals surface area (Å²) in [7, 11) is 0. The molecule has 0 saturated carbocycles. The van der Waals surface area contributed by atoms with Gasteiger partial charge in [-0.05, 0) is 24.1 Å². The molecule has 0 bridgehead atoms. The number of nitrogens with one attached hydrogen (secondary N) is 1. The van der Waals surface area contributed by atoms with Gasteiger partial charge in [0.2, 0.25) is 5.91 Å². The van der Waals surface area contributed by atoms with Crippen LogP contribution in [-0.2, 0) is 11.2 Å². The number of carbonyl (C=O) groups is 2. The van der Waals surface area contributed by atoms with Crippen molar-refractivity contribution in [3.63, 3.8) is 0 Å². The molecule has 0 aliphatic rings. The van der Waals surface area contributed by atoms with Crippen LogP contribution in [-0.4, -0.2) is 28.1 Å². The molecule has 0 aliphatic heterocycles. The van der Waals surface area contributed by atoms with Crippen LogP contribution in [0.3, 0.4) is 0 Å². The van der Waals surface area contributed by atoms with E-state index < -0.39 is 5.91 Å². The third kappa shape index (κ3) is 3.80. The van der Waals surface area contributed by atoms with Crippen LogP contribution in [0.4, 0.5) is 0 Å². The number of rotatable bonds is 6. The molecule has 0 unspecified atom stereocenters. The highest BCUT2D eigenvalue weighted by atomic mass is 16.2. The molecule has 6 heteroatoms. The van der Waals surface area contributed by atoms with Crippen molar-refractivity contribution in [2.75, 3.05) is 6.54 Å². The lowest BCUT2D eigenvalue weighted by atomic mass is 10.0. The molecule has 132 valence electrons. The van der Waals surface area contributed by atoms with Crippen molar-refractivity contribution in [1.29, 1.82) is 0 Å². The Labute approximate surface area is 151 Å². The molecule has 1 heterocycles. The zero-order chi connectivity index (χ0) is 18.5. The normalized spacial score (nSPS) is 10.5. The van der Waals surface area contributed by atoms with E-state index in [0.717, 1.165) is 17.7 Å². The SMILES string of the molecule is CCc1ccc(-c2nn(-c3ccccc3)cc2C(=O)NCC(N)=O)cc1. The molecule has 26 heavy (non-hydrogen) atoms. The number of carbonyl (C=O) groups excluding carboxylic acids is 2. The van der Waals surface area contributed by atoms with E-state index in [9.17, 15) is 9.59 Å². The Morgan fingerprint density at radius 3 is 2.38 bits per heavy atom. The van der Waals surface area contributed by atoms with E-state index in [1.54, 1.807) is 10.9 Å². The predicted octanol–water partition coefficient (Wildman–Crippen LogP) is 2.32. The van der Waals surface area contributed by atoms with E-state index in [2.05, 4.69) is 17.3 Å². The lowest BCUT2D eigenvalue weighted by Gasteiger charge is -2.04. The number of amides is 2. The number of hydrogen-bond acceptors (Lipinski definition) is 3. The van der Waals surface area contributed by atoms with Crippen molar-refractivity contribution < 1.29 is 9.59 Å².